The van der Waals surface area contributed by atoms with Crippen molar-refractivity contribution >= 4 is 17.7 Å². The largest absolute Gasteiger partial charge is 0.395 e. The van der Waals surface area contributed by atoms with Gasteiger partial charge in [0.05, 0.1) is 12.6 Å². The van der Waals surface area contributed by atoms with Crippen molar-refractivity contribution < 1.29 is 9.90 Å². The Morgan fingerprint density at radius 1 is 1.61 bits per heavy atom. The van der Waals surface area contributed by atoms with Gasteiger partial charge in [0.1, 0.15) is 0 Å². The predicted octanol–water partition coefficient (Wildman–Crippen LogP) is 0.993. The molecule has 18 heavy (non-hydrogen) atoms. The lowest BCUT2D eigenvalue weighted by Gasteiger charge is -2.30. The molecule has 5 heteroatoms. The van der Waals surface area contributed by atoms with Crippen LogP contribution in [0.25, 0.3) is 0 Å². The van der Waals surface area contributed by atoms with E-state index in [4.69, 9.17) is 0 Å². The maximum absolute atomic E-state index is 12.1. The summed E-state index contributed by atoms with van der Waals surface area (Å²) >= 11 is 1.59. The average Bonchev–Trinajstić information content (AvgIpc) is 2.40. The molecule has 0 aliphatic carbocycles. The summed E-state index contributed by atoms with van der Waals surface area (Å²) in [4.78, 5) is 12.1. The molecule has 1 amide bonds. The molecule has 0 saturated carbocycles. The van der Waals surface area contributed by atoms with Crippen molar-refractivity contribution in [1.29, 1.82) is 0 Å². The van der Waals surface area contributed by atoms with Crippen LogP contribution >= 0.6 is 11.8 Å². The second-order valence-corrected chi connectivity index (χ2v) is 6.14. The van der Waals surface area contributed by atoms with Gasteiger partial charge in [-0.2, -0.15) is 11.8 Å². The van der Waals surface area contributed by atoms with Gasteiger partial charge in [0.25, 0.3) is 0 Å². The molecule has 4 atom stereocenters. The zero-order valence-corrected chi connectivity index (χ0v) is 12.4. The van der Waals surface area contributed by atoms with Crippen molar-refractivity contribution in [1.82, 2.24) is 10.6 Å². The fraction of sp³-hybridized carbons (Fsp3) is 0.923. The van der Waals surface area contributed by atoms with Crippen LogP contribution in [0.2, 0.25) is 0 Å². The molecule has 0 radical (unpaired) electrons. The summed E-state index contributed by atoms with van der Waals surface area (Å²) in [5, 5.41) is 15.6. The first-order chi connectivity index (χ1) is 8.62. The van der Waals surface area contributed by atoms with Crippen molar-refractivity contribution in [2.24, 2.45) is 5.92 Å². The molecule has 3 N–H and O–H groups in total. The molecule has 1 fully saturated rings. The number of aliphatic hydroxyl groups excluding tert-OH is 1. The number of hydrogen-bond acceptors (Lipinski definition) is 4. The lowest BCUT2D eigenvalue weighted by Crippen LogP contribution is -2.52. The van der Waals surface area contributed by atoms with Gasteiger partial charge >= 0.3 is 0 Å². The minimum atomic E-state index is -0.0626. The molecule has 0 spiro atoms. The van der Waals surface area contributed by atoms with Crippen LogP contribution in [0.15, 0.2) is 0 Å². The van der Waals surface area contributed by atoms with E-state index in [0.717, 1.165) is 19.4 Å². The number of hydrogen-bond donors (Lipinski definition) is 3. The first-order valence-corrected chi connectivity index (χ1v) is 8.08. The average molecular weight is 274 g/mol. The Kier molecular flexibility index (Phi) is 7.04. The number of nitrogens with one attached hydrogen (secondary N) is 2. The second-order valence-electron chi connectivity index (χ2n) is 5.06. The molecule has 0 aromatic carbocycles. The summed E-state index contributed by atoms with van der Waals surface area (Å²) in [5.41, 5.74) is 0. The van der Waals surface area contributed by atoms with E-state index in [0.29, 0.717) is 5.92 Å². The Morgan fingerprint density at radius 3 is 2.89 bits per heavy atom. The van der Waals surface area contributed by atoms with E-state index < -0.39 is 0 Å². The van der Waals surface area contributed by atoms with Crippen LogP contribution in [0.3, 0.4) is 0 Å². The third-order valence-electron chi connectivity index (χ3n) is 3.82. The topological polar surface area (TPSA) is 61.4 Å². The van der Waals surface area contributed by atoms with Crippen LogP contribution in [0.5, 0.6) is 0 Å². The third-order valence-corrected chi connectivity index (χ3v) is 4.98. The summed E-state index contributed by atoms with van der Waals surface area (Å²) in [6.45, 7) is 5.16. The van der Waals surface area contributed by atoms with Gasteiger partial charge in [-0.05, 0) is 38.5 Å². The van der Waals surface area contributed by atoms with Crippen LogP contribution in [0, 0.1) is 5.92 Å². The smallest absolute Gasteiger partial charge is 0.237 e. The van der Waals surface area contributed by atoms with Gasteiger partial charge in [0.15, 0.2) is 0 Å². The highest BCUT2D eigenvalue weighted by atomic mass is 32.2. The van der Waals surface area contributed by atoms with Crippen LogP contribution in [-0.4, -0.2) is 47.8 Å². The van der Waals surface area contributed by atoms with Gasteiger partial charge in [-0.3, -0.25) is 4.79 Å². The van der Waals surface area contributed by atoms with Crippen LogP contribution in [-0.2, 0) is 4.79 Å². The zero-order valence-electron chi connectivity index (χ0n) is 11.6. The molecule has 0 aromatic rings. The quantitative estimate of drug-likeness (QED) is 0.676. The Balaban J connectivity index is 2.44. The molecule has 4 unspecified atom stereocenters. The van der Waals surface area contributed by atoms with E-state index in [2.05, 4.69) is 17.6 Å². The monoisotopic (exact) mass is 274 g/mol. The van der Waals surface area contributed by atoms with Gasteiger partial charge < -0.3 is 15.7 Å². The lowest BCUT2D eigenvalue weighted by atomic mass is 9.90. The minimum absolute atomic E-state index is 0.00121. The van der Waals surface area contributed by atoms with Crippen molar-refractivity contribution in [3.8, 4) is 0 Å². The van der Waals surface area contributed by atoms with Crippen molar-refractivity contribution in [3.63, 3.8) is 0 Å². The van der Waals surface area contributed by atoms with Gasteiger partial charge in [0, 0.05) is 11.3 Å². The number of amides is 1. The van der Waals surface area contributed by atoms with Crippen molar-refractivity contribution in [3.05, 3.63) is 0 Å². The van der Waals surface area contributed by atoms with E-state index >= 15 is 0 Å². The highest BCUT2D eigenvalue weighted by Gasteiger charge is 2.27. The summed E-state index contributed by atoms with van der Waals surface area (Å²) in [6, 6.07) is -0.0614. The third kappa shape index (κ3) is 4.44. The van der Waals surface area contributed by atoms with E-state index in [1.165, 1.54) is 6.42 Å². The number of piperidine rings is 1. The maximum atomic E-state index is 12.1. The number of thioether (sulfide) groups is 1. The Morgan fingerprint density at radius 2 is 2.33 bits per heavy atom. The second kappa shape index (κ2) is 8.02. The highest BCUT2D eigenvalue weighted by Crippen LogP contribution is 2.19. The molecule has 0 aromatic heterocycles. The fourth-order valence-corrected chi connectivity index (χ4v) is 3.05. The van der Waals surface area contributed by atoms with Crippen LogP contribution in [0.1, 0.15) is 33.1 Å². The van der Waals surface area contributed by atoms with E-state index in [1.807, 2.05) is 13.2 Å². The standard InChI is InChI=1S/C13H26N2O2S/c1-4-10-5-6-14-11(7-10)13(17)15-9(2)12(8-16)18-3/h9-12,14,16H,4-8H2,1-3H3,(H,15,17). The normalized spacial score (nSPS) is 27.6. The molecule has 0 bridgehead atoms. The SMILES string of the molecule is CCC1CCNC(C(=O)NC(C)C(CO)SC)C1. The number of carbonyl (C=O) groups excluding carboxylic acids is 1. The van der Waals surface area contributed by atoms with E-state index in [9.17, 15) is 9.90 Å². The van der Waals surface area contributed by atoms with Gasteiger partial charge in [0.2, 0.25) is 5.91 Å². The number of carbonyl (C=O) groups is 1. The maximum Gasteiger partial charge on any atom is 0.237 e. The molecule has 1 rings (SSSR count). The summed E-state index contributed by atoms with van der Waals surface area (Å²) in [7, 11) is 0. The minimum Gasteiger partial charge on any atom is -0.395 e. The van der Waals surface area contributed by atoms with Crippen molar-refractivity contribution in [2.45, 2.75) is 50.4 Å². The molecule has 106 valence electrons. The predicted molar refractivity (Wildman–Crippen MR) is 76.8 cm³/mol. The van der Waals surface area contributed by atoms with Gasteiger partial charge in [-0.15, -0.1) is 0 Å². The lowest BCUT2D eigenvalue weighted by molar-refractivity contribution is -0.124. The molecule has 1 aliphatic rings. The fourth-order valence-electron chi connectivity index (χ4n) is 2.42. The molecular weight excluding hydrogens is 248 g/mol. The Bertz CT molecular complexity index is 259. The van der Waals surface area contributed by atoms with Gasteiger partial charge in [-0.25, -0.2) is 0 Å². The Hall–Kier alpha value is -0.260. The van der Waals surface area contributed by atoms with Crippen LogP contribution < -0.4 is 10.6 Å². The van der Waals surface area contributed by atoms with Crippen LogP contribution in [0.4, 0.5) is 0 Å². The molecule has 4 nitrogen and oxygen atoms in total. The first kappa shape index (κ1) is 15.8. The zero-order chi connectivity index (χ0) is 13.5. The molecular formula is C13H26N2O2S. The molecule has 1 saturated heterocycles. The molecule has 1 aliphatic heterocycles. The van der Waals surface area contributed by atoms with Crippen molar-refractivity contribution in [2.75, 3.05) is 19.4 Å². The highest BCUT2D eigenvalue weighted by molar-refractivity contribution is 7.99. The summed E-state index contributed by atoms with van der Waals surface area (Å²) in [6.07, 6.45) is 5.19. The Labute approximate surface area is 114 Å². The van der Waals surface area contributed by atoms with Gasteiger partial charge in [-0.1, -0.05) is 13.3 Å². The summed E-state index contributed by atoms with van der Waals surface area (Å²) in [5.74, 6) is 0.736. The molecule has 1 heterocycles. The number of rotatable bonds is 6. The summed E-state index contributed by atoms with van der Waals surface area (Å²) < 4.78 is 0. The number of aliphatic hydroxyl groups is 1. The van der Waals surface area contributed by atoms with E-state index in [-0.39, 0.29) is 29.8 Å². The van der Waals surface area contributed by atoms with E-state index in [1.54, 1.807) is 11.8 Å². The first-order valence-electron chi connectivity index (χ1n) is 6.79.